The Kier molecular flexibility index (Phi) is 4.48. The first-order valence-electron chi connectivity index (χ1n) is 9.13. The van der Waals surface area contributed by atoms with Crippen LogP contribution in [0.1, 0.15) is 38.4 Å². The quantitative estimate of drug-likeness (QED) is 0.801. The van der Waals surface area contributed by atoms with E-state index in [2.05, 4.69) is 9.97 Å². The van der Waals surface area contributed by atoms with E-state index in [4.69, 9.17) is 4.74 Å². The Balaban J connectivity index is 1.54. The van der Waals surface area contributed by atoms with Crippen molar-refractivity contribution < 1.29 is 13.2 Å². The largest absolute Gasteiger partial charge is 0.490 e. The van der Waals surface area contributed by atoms with Crippen LogP contribution in [0.3, 0.4) is 0 Å². The molecule has 4 heterocycles. The summed E-state index contributed by atoms with van der Waals surface area (Å²) in [7, 11) is -3.57. The molecule has 140 valence electrons. The maximum absolute atomic E-state index is 13.2. The van der Waals surface area contributed by atoms with E-state index >= 15 is 0 Å². The summed E-state index contributed by atoms with van der Waals surface area (Å²) in [6.45, 7) is 4.53. The Bertz CT molecular complexity index is 867. The van der Waals surface area contributed by atoms with E-state index in [9.17, 15) is 8.42 Å². The number of hydrogen-bond donors (Lipinski definition) is 0. The lowest BCUT2D eigenvalue weighted by atomic mass is 10.0. The predicted octanol–water partition coefficient (Wildman–Crippen LogP) is 2.37. The van der Waals surface area contributed by atoms with Gasteiger partial charge in [0.05, 0.1) is 0 Å². The van der Waals surface area contributed by atoms with E-state index in [-0.39, 0.29) is 23.2 Å². The molecule has 0 N–H and O–H groups in total. The topological polar surface area (TPSA) is 77.3 Å². The lowest BCUT2D eigenvalue weighted by Gasteiger charge is -2.37. The van der Waals surface area contributed by atoms with Gasteiger partial charge in [-0.25, -0.2) is 13.4 Å². The van der Waals surface area contributed by atoms with Gasteiger partial charge in [-0.2, -0.15) is 4.31 Å². The summed E-state index contributed by atoms with van der Waals surface area (Å²) in [5.74, 6) is 1.52. The van der Waals surface area contributed by atoms with Gasteiger partial charge in [0.1, 0.15) is 17.7 Å². The summed E-state index contributed by atoms with van der Waals surface area (Å²) in [4.78, 5) is 8.31. The van der Waals surface area contributed by atoms with Crippen molar-refractivity contribution in [1.29, 1.82) is 0 Å². The van der Waals surface area contributed by atoms with E-state index in [1.165, 1.54) is 0 Å². The molecule has 2 aliphatic heterocycles. The van der Waals surface area contributed by atoms with Crippen LogP contribution >= 0.6 is 0 Å². The molecule has 0 amide bonds. The minimum absolute atomic E-state index is 0.0160. The number of aromatic nitrogens is 3. The fourth-order valence-corrected chi connectivity index (χ4v) is 6.11. The second-order valence-electron chi connectivity index (χ2n) is 7.03. The van der Waals surface area contributed by atoms with Crippen LogP contribution < -0.4 is 4.74 Å². The number of imidazole rings is 1. The molecule has 26 heavy (non-hydrogen) atoms. The number of aryl methyl sites for hydroxylation is 2. The number of piperidine rings is 1. The van der Waals surface area contributed by atoms with E-state index in [0.29, 0.717) is 19.4 Å². The van der Waals surface area contributed by atoms with Gasteiger partial charge in [0.2, 0.25) is 0 Å². The van der Waals surface area contributed by atoms with Crippen LogP contribution in [0.5, 0.6) is 5.75 Å². The van der Waals surface area contributed by atoms with Gasteiger partial charge in [-0.3, -0.25) is 4.98 Å². The van der Waals surface area contributed by atoms with E-state index in [1.807, 2.05) is 30.5 Å². The van der Waals surface area contributed by atoms with E-state index in [0.717, 1.165) is 24.4 Å². The molecule has 2 fully saturated rings. The highest BCUT2D eigenvalue weighted by Crippen LogP contribution is 2.40. The minimum atomic E-state index is -3.57. The first-order chi connectivity index (χ1) is 12.5. The van der Waals surface area contributed by atoms with Crippen LogP contribution in [0, 0.1) is 6.92 Å². The molecule has 4 rings (SSSR count). The Morgan fingerprint density at radius 3 is 2.42 bits per heavy atom. The average molecular weight is 376 g/mol. The smallest absolute Gasteiger partial charge is 0.262 e. The molecule has 0 saturated carbocycles. The molecule has 0 aliphatic carbocycles. The van der Waals surface area contributed by atoms with Crippen molar-refractivity contribution in [3.63, 3.8) is 0 Å². The normalized spacial score (nSPS) is 26.2. The van der Waals surface area contributed by atoms with E-state index in [1.54, 1.807) is 22.9 Å². The van der Waals surface area contributed by atoms with Gasteiger partial charge in [-0.1, -0.05) is 0 Å². The van der Waals surface area contributed by atoms with Crippen molar-refractivity contribution in [2.24, 2.45) is 0 Å². The van der Waals surface area contributed by atoms with Gasteiger partial charge in [0.25, 0.3) is 10.0 Å². The van der Waals surface area contributed by atoms with Gasteiger partial charge < -0.3 is 9.30 Å². The number of nitrogens with zero attached hydrogens (tertiary/aromatic N) is 4. The Labute approximate surface area is 154 Å². The SMILES string of the molecule is CCn1cc(S(=O)(=O)N2C3CCC2CC(Oc2ccncc2)C3)nc1C. The van der Waals surface area contributed by atoms with Crippen molar-refractivity contribution in [2.45, 2.75) is 69.3 Å². The van der Waals surface area contributed by atoms with Gasteiger partial charge in [-0.05, 0) is 38.8 Å². The first-order valence-corrected chi connectivity index (χ1v) is 10.6. The third kappa shape index (κ3) is 3.01. The summed E-state index contributed by atoms with van der Waals surface area (Å²) in [5, 5.41) is 0.169. The van der Waals surface area contributed by atoms with Crippen molar-refractivity contribution in [1.82, 2.24) is 18.8 Å². The monoisotopic (exact) mass is 376 g/mol. The molecule has 2 atom stereocenters. The zero-order chi connectivity index (χ0) is 18.3. The van der Waals surface area contributed by atoms with Crippen molar-refractivity contribution in [3.8, 4) is 5.75 Å². The number of sulfonamides is 1. The second kappa shape index (κ2) is 6.66. The molecule has 2 unspecified atom stereocenters. The summed E-state index contributed by atoms with van der Waals surface area (Å²) in [5.41, 5.74) is 0. The zero-order valence-electron chi connectivity index (χ0n) is 15.1. The summed E-state index contributed by atoms with van der Waals surface area (Å²) in [6, 6.07) is 3.64. The van der Waals surface area contributed by atoms with Gasteiger partial charge >= 0.3 is 0 Å². The molecule has 0 radical (unpaired) electrons. The fraction of sp³-hybridized carbons (Fsp3) is 0.556. The zero-order valence-corrected chi connectivity index (χ0v) is 15.9. The molecule has 8 heteroatoms. The maximum Gasteiger partial charge on any atom is 0.262 e. The predicted molar refractivity (Wildman–Crippen MR) is 96.4 cm³/mol. The van der Waals surface area contributed by atoms with E-state index < -0.39 is 10.0 Å². The van der Waals surface area contributed by atoms with Crippen LogP contribution in [-0.4, -0.2) is 45.4 Å². The van der Waals surface area contributed by atoms with Crippen molar-refractivity contribution in [2.75, 3.05) is 0 Å². The summed E-state index contributed by atoms with van der Waals surface area (Å²) >= 11 is 0. The lowest BCUT2D eigenvalue weighted by Crippen LogP contribution is -2.49. The van der Waals surface area contributed by atoms with Crippen LogP contribution in [0.25, 0.3) is 0 Å². The third-order valence-corrected chi connectivity index (χ3v) is 7.29. The van der Waals surface area contributed by atoms with Crippen molar-refractivity contribution >= 4 is 10.0 Å². The number of ether oxygens (including phenoxy) is 1. The number of pyridine rings is 1. The summed E-state index contributed by atoms with van der Waals surface area (Å²) in [6.07, 6.45) is 8.30. The van der Waals surface area contributed by atoms with Crippen LogP contribution in [-0.2, 0) is 16.6 Å². The molecule has 7 nitrogen and oxygen atoms in total. The Morgan fingerprint density at radius 2 is 1.85 bits per heavy atom. The molecule has 0 aromatic carbocycles. The third-order valence-electron chi connectivity index (χ3n) is 5.41. The van der Waals surface area contributed by atoms with Crippen LogP contribution in [0.15, 0.2) is 35.7 Å². The van der Waals surface area contributed by atoms with Gasteiger partial charge in [0.15, 0.2) is 5.03 Å². The number of hydrogen-bond acceptors (Lipinski definition) is 5. The number of rotatable bonds is 5. The van der Waals surface area contributed by atoms with Crippen LogP contribution in [0.4, 0.5) is 0 Å². The fourth-order valence-electron chi connectivity index (χ4n) is 4.21. The van der Waals surface area contributed by atoms with Gasteiger partial charge in [0, 0.05) is 50.1 Å². The molecule has 2 aromatic rings. The Morgan fingerprint density at radius 1 is 1.19 bits per heavy atom. The standard InChI is InChI=1S/C18H24N4O3S/c1-3-21-12-18(20-13(21)2)26(23,24)22-14-4-5-15(22)11-17(10-14)25-16-6-8-19-9-7-16/h6-9,12,14-15,17H,3-5,10-11H2,1-2H3. The molecule has 0 spiro atoms. The molecular weight excluding hydrogens is 352 g/mol. The molecule has 2 aliphatic rings. The molecule has 2 saturated heterocycles. The Hall–Kier alpha value is -1.93. The molecule has 2 aromatic heterocycles. The number of fused-ring (bicyclic) bond motifs is 2. The lowest BCUT2D eigenvalue weighted by molar-refractivity contribution is 0.0954. The highest BCUT2D eigenvalue weighted by atomic mass is 32.2. The average Bonchev–Trinajstić information content (AvgIpc) is 3.14. The highest BCUT2D eigenvalue weighted by molar-refractivity contribution is 7.89. The molecular formula is C18H24N4O3S. The minimum Gasteiger partial charge on any atom is -0.490 e. The van der Waals surface area contributed by atoms with Gasteiger partial charge in [-0.15, -0.1) is 0 Å². The molecule has 2 bridgehead atoms. The first kappa shape index (κ1) is 17.5. The van der Waals surface area contributed by atoms with Crippen LogP contribution in [0.2, 0.25) is 0 Å². The highest BCUT2D eigenvalue weighted by Gasteiger charge is 2.48. The van der Waals surface area contributed by atoms with Crippen molar-refractivity contribution in [3.05, 3.63) is 36.5 Å². The second-order valence-corrected chi connectivity index (χ2v) is 8.82. The summed E-state index contributed by atoms with van der Waals surface area (Å²) < 4.78 is 36.0. The maximum atomic E-state index is 13.2.